The lowest BCUT2D eigenvalue weighted by Crippen LogP contribution is -1.84. The molecule has 0 bridgehead atoms. The first-order valence-corrected chi connectivity index (χ1v) is 35.4. The molecule has 0 saturated carbocycles. The summed E-state index contributed by atoms with van der Waals surface area (Å²) >= 11 is 1.71. The minimum Gasteiger partial charge on any atom is -0.473 e. The smallest absolute Gasteiger partial charge is 0.128 e. The standard InChI is InChI=1S/C14H10.2C9H7N.C8H6N2.C4H5N3.3C4H4N2.C4H4O.C4H4S.10C2H6/c1-3-7-13-11(5-1)9-10-12-6-2-4-8-14(12)13;1-2-6-9-8(4-1)5-3-7-10-9;1-2-4-9-7-10-6-5-8(9)3-1;1-2-4-8-7(3-1)5-9-6-10-8;1-4-6-2-5-3-7-4;1-2-6-4-3-5-1;2*1-2-5-4-6-3-1;2*1-2-4-5-3-1;10*1-2/h1-10H;2*1-7H;1-6H;2-3H,1H3;3*1-4H;2*1-4H;10*1-2H3. The van der Waals surface area contributed by atoms with Gasteiger partial charge in [-0.1, -0.05) is 278 Å². The summed E-state index contributed by atoms with van der Waals surface area (Å²) in [6.45, 7) is 41.8. The van der Waals surface area contributed by atoms with Gasteiger partial charge in [-0.3, -0.25) is 19.9 Å². The predicted molar refractivity (Wildman–Crippen MR) is 432 cm³/mol. The summed E-state index contributed by atoms with van der Waals surface area (Å²) in [5, 5.41) is 14.1. The fourth-order valence-corrected chi connectivity index (χ4v) is 6.89. The van der Waals surface area contributed by atoms with Gasteiger partial charge >= 0.3 is 0 Å². The van der Waals surface area contributed by atoms with Gasteiger partial charge in [-0.2, -0.15) is 11.3 Å². The van der Waals surface area contributed by atoms with E-state index >= 15 is 0 Å². The van der Waals surface area contributed by atoms with Crippen LogP contribution in [0.25, 0.3) is 54.1 Å². The van der Waals surface area contributed by atoms with Crippen LogP contribution in [0.15, 0.2) is 322 Å². The Kier molecular flexibility index (Phi) is 79.7. The van der Waals surface area contributed by atoms with Crippen LogP contribution in [-0.2, 0) is 0 Å². The average molecular weight is 1360 g/mol. The molecule has 0 aliphatic heterocycles. The van der Waals surface area contributed by atoms with Gasteiger partial charge in [0, 0.05) is 85.1 Å². The van der Waals surface area contributed by atoms with E-state index in [1.54, 1.807) is 91.9 Å². The molecule has 0 aliphatic rings. The van der Waals surface area contributed by atoms with E-state index in [2.05, 4.69) is 154 Å². The van der Waals surface area contributed by atoms with Crippen molar-refractivity contribution in [3.05, 3.63) is 323 Å². The number of thiophene rings is 1. The predicted octanol–water partition coefficient (Wildman–Crippen LogP) is 25.0. The molecule has 14 nitrogen and oxygen atoms in total. The molecule has 0 amide bonds. The van der Waals surface area contributed by atoms with Gasteiger partial charge in [0.05, 0.1) is 23.6 Å². The van der Waals surface area contributed by atoms with Crippen LogP contribution < -0.4 is 0 Å². The largest absolute Gasteiger partial charge is 0.473 e. The zero-order valence-corrected chi connectivity index (χ0v) is 64.0. The maximum absolute atomic E-state index is 4.58. The number of benzene rings is 6. The van der Waals surface area contributed by atoms with Gasteiger partial charge in [-0.05, 0) is 98.5 Å². The molecule has 0 unspecified atom stereocenters. The number of para-hydroxylation sites is 2. The summed E-state index contributed by atoms with van der Waals surface area (Å²) in [7, 11) is 0. The van der Waals surface area contributed by atoms with Crippen molar-refractivity contribution < 1.29 is 4.42 Å². The molecule has 15 rings (SSSR count). The molecule has 0 radical (unpaired) electrons. The molecule has 0 saturated heterocycles. The van der Waals surface area contributed by atoms with Gasteiger partial charge in [-0.25, -0.2) is 44.9 Å². The summed E-state index contributed by atoms with van der Waals surface area (Å²) in [6, 6.07) is 62.8. The Hall–Kier alpha value is -10.8. The van der Waals surface area contributed by atoms with Crippen molar-refractivity contribution in [1.29, 1.82) is 0 Å². The summed E-state index contributed by atoms with van der Waals surface area (Å²) in [5.41, 5.74) is 2.06. The van der Waals surface area contributed by atoms with Crippen molar-refractivity contribution in [3.8, 4) is 0 Å². The van der Waals surface area contributed by atoms with E-state index in [4.69, 9.17) is 0 Å². The lowest BCUT2D eigenvalue weighted by atomic mass is 10.0. The van der Waals surface area contributed by atoms with Crippen LogP contribution in [0, 0.1) is 6.92 Å². The van der Waals surface area contributed by atoms with Crippen LogP contribution in [0.4, 0.5) is 0 Å². The van der Waals surface area contributed by atoms with E-state index in [1.165, 1.54) is 63.0 Å². The maximum atomic E-state index is 4.58. The van der Waals surface area contributed by atoms with Crippen molar-refractivity contribution in [1.82, 2.24) is 64.8 Å². The first kappa shape index (κ1) is 96.9. The highest BCUT2D eigenvalue weighted by molar-refractivity contribution is 7.07. The lowest BCUT2D eigenvalue weighted by molar-refractivity contribution is 0.567. The van der Waals surface area contributed by atoms with Gasteiger partial charge in [0.1, 0.15) is 37.5 Å². The number of rotatable bonds is 0. The van der Waals surface area contributed by atoms with E-state index in [0.717, 1.165) is 22.2 Å². The van der Waals surface area contributed by atoms with Crippen molar-refractivity contribution in [2.24, 2.45) is 0 Å². The molecular weight excluding hydrogens is 1240 g/mol. The third-order valence-electron chi connectivity index (χ3n) is 10.0. The average Bonchev–Trinajstić information content (AvgIpc) is 1.45. The molecule has 0 atom stereocenters. The van der Waals surface area contributed by atoms with Gasteiger partial charge in [0.2, 0.25) is 0 Å². The van der Waals surface area contributed by atoms with Crippen molar-refractivity contribution >= 4 is 65.5 Å². The zero-order chi connectivity index (χ0) is 74.7. The van der Waals surface area contributed by atoms with E-state index in [0.29, 0.717) is 0 Å². The van der Waals surface area contributed by atoms with Crippen LogP contribution in [0.2, 0.25) is 0 Å². The Morgan fingerprint density at radius 1 is 0.232 bits per heavy atom. The minimum atomic E-state index is 0.759. The second-order valence-electron chi connectivity index (χ2n) is 15.5. The maximum Gasteiger partial charge on any atom is 0.128 e. The number of furan rings is 1. The number of fused-ring (bicyclic) bond motifs is 6. The normalized spacial score (nSPS) is 8.05. The molecule has 15 heteroatoms. The molecule has 0 fully saturated rings. The Morgan fingerprint density at radius 2 is 0.606 bits per heavy atom. The second kappa shape index (κ2) is 81.5. The highest BCUT2D eigenvalue weighted by atomic mass is 32.1. The van der Waals surface area contributed by atoms with E-state index in [1.807, 2.05) is 272 Å². The number of pyridine rings is 2. The Morgan fingerprint density at radius 3 is 0.949 bits per heavy atom. The minimum absolute atomic E-state index is 0.759. The Labute approximate surface area is 599 Å². The molecule has 0 aliphatic carbocycles. The number of hydrogen-bond donors (Lipinski definition) is 0. The Bertz CT molecular complexity index is 3210. The molecule has 0 spiro atoms. The molecule has 99 heavy (non-hydrogen) atoms. The van der Waals surface area contributed by atoms with Crippen LogP contribution in [-0.4, -0.2) is 64.8 Å². The van der Waals surface area contributed by atoms with Gasteiger partial charge in [0.25, 0.3) is 0 Å². The number of aromatic nitrogens is 13. The number of nitrogens with zero attached hydrogens (tertiary/aromatic N) is 13. The van der Waals surface area contributed by atoms with E-state index < -0.39 is 0 Å². The van der Waals surface area contributed by atoms with Crippen LogP contribution >= 0.6 is 11.3 Å². The molecule has 9 heterocycles. The molecule has 9 aromatic heterocycles. The van der Waals surface area contributed by atoms with Crippen LogP contribution in [0.3, 0.4) is 0 Å². The van der Waals surface area contributed by atoms with E-state index in [-0.39, 0.29) is 0 Å². The van der Waals surface area contributed by atoms with Crippen molar-refractivity contribution in [3.63, 3.8) is 0 Å². The van der Waals surface area contributed by atoms with Crippen LogP contribution in [0.1, 0.15) is 144 Å². The summed E-state index contributed by atoms with van der Waals surface area (Å²) in [6.07, 6.45) is 31.4. The number of hydrogen-bond acceptors (Lipinski definition) is 15. The zero-order valence-electron chi connectivity index (χ0n) is 63.2. The topological polar surface area (TPSA) is 181 Å². The summed E-state index contributed by atoms with van der Waals surface area (Å²) in [4.78, 5) is 49.4. The molecule has 6 aromatic carbocycles. The fourth-order valence-electron chi connectivity index (χ4n) is 6.43. The van der Waals surface area contributed by atoms with Crippen molar-refractivity contribution in [2.45, 2.75) is 145 Å². The second-order valence-corrected chi connectivity index (χ2v) is 16.3. The summed E-state index contributed by atoms with van der Waals surface area (Å²) in [5.74, 6) is 0.759. The fraction of sp³-hybridized carbons (Fsp3) is 0.250. The molecular formula is C84H115N13OS. The molecule has 0 N–H and O–H groups in total. The Balaban J connectivity index is -0.000000325. The first-order valence-electron chi connectivity index (χ1n) is 34.5. The quantitative estimate of drug-likeness (QED) is 0.131. The monoisotopic (exact) mass is 1350 g/mol. The first-order chi connectivity index (χ1) is 49.2. The van der Waals surface area contributed by atoms with Crippen LogP contribution in [0.5, 0.6) is 0 Å². The summed E-state index contributed by atoms with van der Waals surface area (Å²) < 4.78 is 4.58. The molecule has 528 valence electrons. The van der Waals surface area contributed by atoms with Gasteiger partial charge in [-0.15, -0.1) is 0 Å². The molecule has 15 aromatic rings. The van der Waals surface area contributed by atoms with Crippen molar-refractivity contribution in [2.75, 3.05) is 0 Å². The highest BCUT2D eigenvalue weighted by Gasteiger charge is 1.97. The number of aryl methyl sites for hydroxylation is 1. The van der Waals surface area contributed by atoms with Gasteiger partial charge in [0.15, 0.2) is 0 Å². The third-order valence-corrected chi connectivity index (χ3v) is 10.7. The van der Waals surface area contributed by atoms with E-state index in [9.17, 15) is 0 Å². The lowest BCUT2D eigenvalue weighted by Gasteiger charge is -2.02. The highest BCUT2D eigenvalue weighted by Crippen LogP contribution is 2.24. The van der Waals surface area contributed by atoms with Gasteiger partial charge < -0.3 is 4.42 Å². The third kappa shape index (κ3) is 52.1. The SMILES string of the molecule is CC.CC.CC.CC.CC.CC.CC.CC.CC.CC.Cc1ncncn1.c1ccc2c(c1)ccc1ccccc12.c1ccc2cnccc2c1.c1ccc2ncccc2c1.c1ccc2ncncc2c1.c1ccoc1.c1ccsc1.c1cnccn1.c1cncnc1.c1cncnc1.